The zero-order valence-electron chi connectivity index (χ0n) is 5.68. The molecule has 0 radical (unpaired) electrons. The molecule has 2 N–H and O–H groups in total. The molecule has 1 fully saturated rings. The monoisotopic (exact) mass is 131 g/mol. The summed E-state index contributed by atoms with van der Waals surface area (Å²) in [6, 6.07) is 0. The van der Waals surface area contributed by atoms with Crippen LogP contribution in [0.1, 0.15) is 13.3 Å². The summed E-state index contributed by atoms with van der Waals surface area (Å²) in [5, 5.41) is 12.4. The minimum absolute atomic E-state index is 0.444. The third kappa shape index (κ3) is 2.30. The standard InChI is InChI=1S/C6H13NO2/c1-6(8)2-3-7-5-9-4-6/h7-8H,2-5H2,1H3. The Bertz CT molecular complexity index is 83.1. The van der Waals surface area contributed by atoms with Crippen molar-refractivity contribution < 1.29 is 9.84 Å². The van der Waals surface area contributed by atoms with Crippen LogP contribution >= 0.6 is 0 Å². The van der Waals surface area contributed by atoms with Crippen molar-refractivity contribution in [2.24, 2.45) is 0 Å². The average molecular weight is 131 g/mol. The zero-order chi connectivity index (χ0) is 6.74. The summed E-state index contributed by atoms with van der Waals surface area (Å²) in [5.74, 6) is 0. The Morgan fingerprint density at radius 1 is 1.67 bits per heavy atom. The van der Waals surface area contributed by atoms with E-state index in [-0.39, 0.29) is 0 Å². The molecule has 1 heterocycles. The maximum absolute atomic E-state index is 9.39. The highest BCUT2D eigenvalue weighted by molar-refractivity contribution is 4.74. The van der Waals surface area contributed by atoms with Crippen molar-refractivity contribution in [3.63, 3.8) is 0 Å². The number of nitrogens with one attached hydrogen (secondary N) is 1. The van der Waals surface area contributed by atoms with Gasteiger partial charge in [-0.2, -0.15) is 0 Å². The second kappa shape index (κ2) is 2.64. The van der Waals surface area contributed by atoms with Crippen LogP contribution in [-0.2, 0) is 4.74 Å². The van der Waals surface area contributed by atoms with Crippen LogP contribution in [-0.4, -0.2) is 30.6 Å². The quantitative estimate of drug-likeness (QED) is 0.474. The van der Waals surface area contributed by atoms with E-state index in [2.05, 4.69) is 5.32 Å². The molecule has 0 amide bonds. The third-order valence-corrected chi connectivity index (χ3v) is 1.46. The van der Waals surface area contributed by atoms with Gasteiger partial charge in [-0.1, -0.05) is 0 Å². The summed E-state index contributed by atoms with van der Waals surface area (Å²) in [7, 11) is 0. The molecule has 0 aromatic heterocycles. The van der Waals surface area contributed by atoms with Gasteiger partial charge >= 0.3 is 0 Å². The summed E-state index contributed by atoms with van der Waals surface area (Å²) < 4.78 is 5.05. The number of rotatable bonds is 0. The van der Waals surface area contributed by atoms with E-state index in [1.54, 1.807) is 6.92 Å². The molecule has 0 aromatic rings. The molecule has 1 unspecified atom stereocenters. The second-order valence-electron chi connectivity index (χ2n) is 2.74. The molecule has 54 valence electrons. The molecule has 3 nitrogen and oxygen atoms in total. The van der Waals surface area contributed by atoms with E-state index in [9.17, 15) is 5.11 Å². The Morgan fingerprint density at radius 3 is 3.22 bits per heavy atom. The predicted molar refractivity (Wildman–Crippen MR) is 34.1 cm³/mol. The first-order valence-corrected chi connectivity index (χ1v) is 3.22. The normalized spacial score (nSPS) is 38.0. The molecule has 0 aromatic carbocycles. The van der Waals surface area contributed by atoms with Crippen molar-refractivity contribution in [3.8, 4) is 0 Å². The Kier molecular flexibility index (Phi) is 2.05. The van der Waals surface area contributed by atoms with Crippen LogP contribution in [0.5, 0.6) is 0 Å². The molecule has 3 heteroatoms. The van der Waals surface area contributed by atoms with Gasteiger partial charge in [0.05, 0.1) is 18.9 Å². The molecule has 1 atom stereocenters. The van der Waals surface area contributed by atoms with Crippen molar-refractivity contribution >= 4 is 0 Å². The highest BCUT2D eigenvalue weighted by atomic mass is 16.5. The maximum Gasteiger partial charge on any atom is 0.0966 e. The smallest absolute Gasteiger partial charge is 0.0966 e. The lowest BCUT2D eigenvalue weighted by molar-refractivity contribution is -0.0233. The van der Waals surface area contributed by atoms with E-state index in [0.29, 0.717) is 13.3 Å². The Balaban J connectivity index is 2.36. The summed E-state index contributed by atoms with van der Waals surface area (Å²) in [5.41, 5.74) is -0.622. The molecule has 0 bridgehead atoms. The van der Waals surface area contributed by atoms with Gasteiger partial charge in [-0.05, 0) is 13.3 Å². The summed E-state index contributed by atoms with van der Waals surface area (Å²) in [4.78, 5) is 0. The van der Waals surface area contributed by atoms with E-state index in [4.69, 9.17) is 4.74 Å². The molecule has 1 saturated heterocycles. The fourth-order valence-electron chi connectivity index (χ4n) is 0.845. The lowest BCUT2D eigenvalue weighted by Gasteiger charge is -2.18. The summed E-state index contributed by atoms with van der Waals surface area (Å²) >= 11 is 0. The highest BCUT2D eigenvalue weighted by Crippen LogP contribution is 2.09. The van der Waals surface area contributed by atoms with Crippen molar-refractivity contribution in [3.05, 3.63) is 0 Å². The van der Waals surface area contributed by atoms with Gasteiger partial charge in [-0.3, -0.25) is 5.32 Å². The zero-order valence-corrected chi connectivity index (χ0v) is 5.68. The summed E-state index contributed by atoms with van der Waals surface area (Å²) in [6.45, 7) is 3.64. The first-order chi connectivity index (χ1) is 4.21. The van der Waals surface area contributed by atoms with Crippen LogP contribution in [0.3, 0.4) is 0 Å². The second-order valence-corrected chi connectivity index (χ2v) is 2.74. The van der Waals surface area contributed by atoms with E-state index in [1.807, 2.05) is 0 Å². The van der Waals surface area contributed by atoms with Gasteiger partial charge in [-0.25, -0.2) is 0 Å². The first-order valence-electron chi connectivity index (χ1n) is 3.22. The molecular weight excluding hydrogens is 118 g/mol. The molecule has 1 rings (SSSR count). The average Bonchev–Trinajstić information content (AvgIpc) is 1.92. The molecule has 0 aliphatic carbocycles. The van der Waals surface area contributed by atoms with E-state index >= 15 is 0 Å². The SMILES string of the molecule is CC1(O)CCNCOC1. The van der Waals surface area contributed by atoms with Crippen molar-refractivity contribution in [2.75, 3.05) is 19.9 Å². The van der Waals surface area contributed by atoms with Gasteiger partial charge in [0, 0.05) is 6.54 Å². The van der Waals surface area contributed by atoms with Crippen LogP contribution < -0.4 is 5.32 Å². The molecule has 0 saturated carbocycles. The molecule has 0 spiro atoms. The molecule has 9 heavy (non-hydrogen) atoms. The van der Waals surface area contributed by atoms with Gasteiger partial charge in [0.15, 0.2) is 0 Å². The van der Waals surface area contributed by atoms with Crippen LogP contribution in [0, 0.1) is 0 Å². The Labute approximate surface area is 55.0 Å². The highest BCUT2D eigenvalue weighted by Gasteiger charge is 2.21. The number of aliphatic hydroxyl groups is 1. The van der Waals surface area contributed by atoms with Crippen LogP contribution in [0.4, 0.5) is 0 Å². The lowest BCUT2D eigenvalue weighted by atomic mass is 10.1. The van der Waals surface area contributed by atoms with Crippen molar-refractivity contribution in [1.29, 1.82) is 0 Å². The first kappa shape index (κ1) is 6.99. The fourth-order valence-corrected chi connectivity index (χ4v) is 0.845. The summed E-state index contributed by atoms with van der Waals surface area (Å²) in [6.07, 6.45) is 0.771. The Morgan fingerprint density at radius 2 is 2.44 bits per heavy atom. The third-order valence-electron chi connectivity index (χ3n) is 1.46. The van der Waals surface area contributed by atoms with Gasteiger partial charge in [0.25, 0.3) is 0 Å². The van der Waals surface area contributed by atoms with Gasteiger partial charge < -0.3 is 9.84 Å². The van der Waals surface area contributed by atoms with Crippen LogP contribution in [0.2, 0.25) is 0 Å². The number of ether oxygens (including phenoxy) is 1. The van der Waals surface area contributed by atoms with Crippen molar-refractivity contribution in [1.82, 2.24) is 5.32 Å². The predicted octanol–water partition coefficient (Wildman–Crippen LogP) is -0.295. The van der Waals surface area contributed by atoms with Crippen LogP contribution in [0.15, 0.2) is 0 Å². The van der Waals surface area contributed by atoms with E-state index in [0.717, 1.165) is 13.0 Å². The Hall–Kier alpha value is -0.120. The molecule has 1 aliphatic heterocycles. The van der Waals surface area contributed by atoms with Crippen LogP contribution in [0.25, 0.3) is 0 Å². The maximum atomic E-state index is 9.39. The number of hydrogen-bond donors (Lipinski definition) is 2. The van der Waals surface area contributed by atoms with Gasteiger partial charge in [0.1, 0.15) is 0 Å². The van der Waals surface area contributed by atoms with Gasteiger partial charge in [0.2, 0.25) is 0 Å². The molecule has 1 aliphatic rings. The molecular formula is C6H13NO2. The van der Waals surface area contributed by atoms with E-state index < -0.39 is 5.60 Å². The van der Waals surface area contributed by atoms with Gasteiger partial charge in [-0.15, -0.1) is 0 Å². The topological polar surface area (TPSA) is 41.5 Å². The lowest BCUT2D eigenvalue weighted by Crippen LogP contribution is -2.29. The fraction of sp³-hybridized carbons (Fsp3) is 1.00. The van der Waals surface area contributed by atoms with E-state index in [1.165, 1.54) is 0 Å². The van der Waals surface area contributed by atoms with Crippen molar-refractivity contribution in [2.45, 2.75) is 18.9 Å². The number of hydrogen-bond acceptors (Lipinski definition) is 3. The minimum atomic E-state index is -0.622. The minimum Gasteiger partial charge on any atom is -0.388 e. The largest absolute Gasteiger partial charge is 0.388 e.